The van der Waals surface area contributed by atoms with Crippen molar-refractivity contribution in [2.45, 2.75) is 43.6 Å². The fourth-order valence-corrected chi connectivity index (χ4v) is 7.32. The summed E-state index contributed by atoms with van der Waals surface area (Å²) in [5, 5.41) is 2.03. The normalized spacial score (nSPS) is 33.0. The number of thiophene rings is 1. The monoisotopic (exact) mass is 396 g/mol. The van der Waals surface area contributed by atoms with Crippen molar-refractivity contribution >= 4 is 32.9 Å². The molecule has 0 atom stereocenters. The maximum Gasteiger partial charge on any atom is 0.250 e. The lowest BCUT2D eigenvalue weighted by Crippen LogP contribution is -2.58. The van der Waals surface area contributed by atoms with E-state index in [9.17, 15) is 13.8 Å². The van der Waals surface area contributed by atoms with Crippen molar-refractivity contribution in [3.63, 3.8) is 0 Å². The van der Waals surface area contributed by atoms with Gasteiger partial charge in [-0.25, -0.2) is 4.21 Å². The van der Waals surface area contributed by atoms with Crippen LogP contribution in [0.5, 0.6) is 0 Å². The average Bonchev–Trinajstić information content (AvgIpc) is 3.23. The molecule has 6 nitrogen and oxygen atoms in total. The van der Waals surface area contributed by atoms with Crippen LogP contribution in [0.2, 0.25) is 0 Å². The van der Waals surface area contributed by atoms with E-state index in [2.05, 4.69) is 10.4 Å². The quantitative estimate of drug-likeness (QED) is 0.768. The topological polar surface area (TPSA) is 76.0 Å². The Hall–Kier alpha value is -1.25. The van der Waals surface area contributed by atoms with E-state index < -0.39 is 15.3 Å². The van der Waals surface area contributed by atoms with E-state index in [4.69, 9.17) is 4.74 Å². The first-order valence-electron chi connectivity index (χ1n) is 9.07. The summed E-state index contributed by atoms with van der Waals surface area (Å²) in [6, 6.07) is 4.06. The van der Waals surface area contributed by atoms with Gasteiger partial charge in [0.15, 0.2) is 0 Å². The number of carbonyl (C=O) groups excluding carboxylic acids is 2. The molecule has 2 saturated heterocycles. The molecule has 142 valence electrons. The predicted molar refractivity (Wildman–Crippen MR) is 101 cm³/mol. The van der Waals surface area contributed by atoms with Crippen LogP contribution < -0.4 is 0 Å². The van der Waals surface area contributed by atoms with Crippen molar-refractivity contribution < 1.29 is 18.5 Å². The SMILES string of the molecule is CC(=O)N=S1(=O)CCC2(CC1)CN(C(=O)C1(c3cccs3)CC1)CCO2. The van der Waals surface area contributed by atoms with Gasteiger partial charge in [-0.05, 0) is 37.1 Å². The van der Waals surface area contributed by atoms with Crippen LogP contribution in [0.1, 0.15) is 37.5 Å². The van der Waals surface area contributed by atoms with Crippen molar-refractivity contribution in [2.24, 2.45) is 4.36 Å². The number of hydrogen-bond donors (Lipinski definition) is 0. The Kier molecular flexibility index (Phi) is 4.48. The van der Waals surface area contributed by atoms with Crippen LogP contribution in [0.25, 0.3) is 0 Å². The molecule has 2 aliphatic heterocycles. The van der Waals surface area contributed by atoms with Gasteiger partial charge in [-0.2, -0.15) is 4.36 Å². The largest absolute Gasteiger partial charge is 0.371 e. The van der Waals surface area contributed by atoms with Gasteiger partial charge in [0.2, 0.25) is 5.91 Å². The Labute approximate surface area is 158 Å². The summed E-state index contributed by atoms with van der Waals surface area (Å²) >= 11 is 1.66. The highest BCUT2D eigenvalue weighted by atomic mass is 32.2. The molecule has 0 N–H and O–H groups in total. The Bertz CT molecular complexity index is 821. The molecule has 4 rings (SSSR count). The molecule has 1 saturated carbocycles. The number of morpholine rings is 1. The number of rotatable bonds is 2. The van der Waals surface area contributed by atoms with Crippen LogP contribution in [0.3, 0.4) is 0 Å². The molecule has 3 heterocycles. The number of carbonyl (C=O) groups is 2. The third-order valence-corrected chi connectivity index (χ3v) is 9.08. The van der Waals surface area contributed by atoms with Gasteiger partial charge in [0, 0.05) is 36.4 Å². The van der Waals surface area contributed by atoms with E-state index in [1.165, 1.54) is 6.92 Å². The Morgan fingerprint density at radius 3 is 2.58 bits per heavy atom. The maximum absolute atomic E-state index is 13.2. The summed E-state index contributed by atoms with van der Waals surface area (Å²) in [7, 11) is -2.46. The van der Waals surface area contributed by atoms with Gasteiger partial charge in [-0.15, -0.1) is 11.3 Å². The van der Waals surface area contributed by atoms with Gasteiger partial charge in [0.05, 0.1) is 27.4 Å². The highest BCUT2D eigenvalue weighted by molar-refractivity contribution is 7.93. The van der Waals surface area contributed by atoms with Crippen LogP contribution in [0.4, 0.5) is 0 Å². The number of amides is 2. The van der Waals surface area contributed by atoms with Crippen molar-refractivity contribution in [2.75, 3.05) is 31.2 Å². The molecular formula is C18H24N2O4S2. The molecule has 3 fully saturated rings. The van der Waals surface area contributed by atoms with Gasteiger partial charge in [-0.3, -0.25) is 9.59 Å². The van der Waals surface area contributed by atoms with Crippen LogP contribution in [0.15, 0.2) is 21.9 Å². The zero-order chi connectivity index (χ0) is 18.4. The fraction of sp³-hybridized carbons (Fsp3) is 0.667. The van der Waals surface area contributed by atoms with Crippen molar-refractivity contribution in [3.05, 3.63) is 22.4 Å². The molecule has 0 radical (unpaired) electrons. The molecule has 1 aliphatic carbocycles. The summed E-state index contributed by atoms with van der Waals surface area (Å²) in [5.41, 5.74) is -0.758. The van der Waals surface area contributed by atoms with Gasteiger partial charge in [-0.1, -0.05) is 6.07 Å². The second-order valence-corrected chi connectivity index (χ2v) is 11.1. The van der Waals surface area contributed by atoms with E-state index in [-0.39, 0.29) is 17.2 Å². The Morgan fingerprint density at radius 1 is 1.27 bits per heavy atom. The van der Waals surface area contributed by atoms with Crippen LogP contribution >= 0.6 is 11.3 Å². The number of ether oxygens (including phenoxy) is 1. The lowest BCUT2D eigenvalue weighted by Gasteiger charge is -2.46. The standard InChI is InChI=1S/C18H24N2O4S2/c1-14(21)19-26(23)11-6-17(7-12-26)13-20(8-9-24-17)16(22)18(4-5-18)15-3-2-10-25-15/h2-3,10H,4-9,11-13H2,1H3. The minimum Gasteiger partial charge on any atom is -0.371 e. The van der Waals surface area contributed by atoms with Crippen molar-refractivity contribution in [1.29, 1.82) is 0 Å². The van der Waals surface area contributed by atoms with Gasteiger partial charge in [0.25, 0.3) is 5.91 Å². The molecule has 1 aromatic heterocycles. The summed E-state index contributed by atoms with van der Waals surface area (Å²) in [6.45, 7) is 3.01. The van der Waals surface area contributed by atoms with Gasteiger partial charge in [0.1, 0.15) is 0 Å². The maximum atomic E-state index is 13.2. The van der Waals surface area contributed by atoms with Crippen molar-refractivity contribution in [3.8, 4) is 0 Å². The number of nitrogens with zero attached hydrogens (tertiary/aromatic N) is 2. The molecule has 0 aromatic carbocycles. The first-order chi connectivity index (χ1) is 12.4. The van der Waals surface area contributed by atoms with Gasteiger partial charge < -0.3 is 9.64 Å². The third-order valence-electron chi connectivity index (χ3n) is 5.74. The molecule has 8 heteroatoms. The zero-order valence-corrected chi connectivity index (χ0v) is 16.6. The van der Waals surface area contributed by atoms with Crippen LogP contribution in [-0.4, -0.2) is 57.7 Å². The second kappa shape index (κ2) is 6.42. The molecule has 2 amide bonds. The highest BCUT2D eigenvalue weighted by Gasteiger charge is 2.55. The summed E-state index contributed by atoms with van der Waals surface area (Å²) < 4.78 is 22.6. The van der Waals surface area contributed by atoms with Crippen molar-refractivity contribution in [1.82, 2.24) is 4.90 Å². The lowest BCUT2D eigenvalue weighted by molar-refractivity contribution is -0.154. The smallest absolute Gasteiger partial charge is 0.250 e. The molecular weight excluding hydrogens is 372 g/mol. The van der Waals surface area contributed by atoms with E-state index >= 15 is 0 Å². The molecule has 26 heavy (non-hydrogen) atoms. The second-order valence-electron chi connectivity index (χ2n) is 7.61. The molecule has 1 spiro atoms. The molecule has 0 unspecified atom stereocenters. The molecule has 3 aliphatic rings. The Balaban J connectivity index is 1.48. The minimum atomic E-state index is -2.46. The highest BCUT2D eigenvalue weighted by Crippen LogP contribution is 2.51. The van der Waals surface area contributed by atoms with Crippen LogP contribution in [0, 0.1) is 0 Å². The van der Waals surface area contributed by atoms with E-state index in [1.54, 1.807) is 11.3 Å². The fourth-order valence-electron chi connectivity index (χ4n) is 4.11. The van der Waals surface area contributed by atoms with E-state index in [1.807, 2.05) is 16.3 Å². The molecule has 1 aromatic rings. The predicted octanol–water partition coefficient (Wildman–Crippen LogP) is 2.19. The summed E-state index contributed by atoms with van der Waals surface area (Å²) in [4.78, 5) is 27.6. The minimum absolute atomic E-state index is 0.211. The third kappa shape index (κ3) is 3.23. The lowest BCUT2D eigenvalue weighted by atomic mass is 9.93. The summed E-state index contributed by atoms with van der Waals surface area (Å²) in [6.07, 6.45) is 3.00. The Morgan fingerprint density at radius 2 is 2.00 bits per heavy atom. The van der Waals surface area contributed by atoms with E-state index in [0.717, 1.165) is 17.7 Å². The van der Waals surface area contributed by atoms with Crippen LogP contribution in [-0.2, 0) is 29.5 Å². The van der Waals surface area contributed by atoms with Gasteiger partial charge >= 0.3 is 0 Å². The zero-order valence-electron chi connectivity index (χ0n) is 14.9. The summed E-state index contributed by atoms with van der Waals surface area (Å²) in [5.74, 6) is 0.566. The number of hydrogen-bond acceptors (Lipinski definition) is 5. The first kappa shape index (κ1) is 18.1. The molecule has 0 bridgehead atoms. The average molecular weight is 397 g/mol. The van der Waals surface area contributed by atoms with E-state index in [0.29, 0.717) is 44.0 Å². The first-order valence-corrected chi connectivity index (χ1v) is 11.8.